The molecule has 3 N–H and O–H groups in total. The lowest BCUT2D eigenvalue weighted by atomic mass is 9.99. The van der Waals surface area contributed by atoms with Crippen LogP contribution in [0, 0.1) is 19.8 Å². The van der Waals surface area contributed by atoms with Crippen LogP contribution in [0.15, 0.2) is 23.2 Å². The predicted molar refractivity (Wildman–Crippen MR) is 111 cm³/mol. The summed E-state index contributed by atoms with van der Waals surface area (Å²) in [4.78, 5) is 7.05. The summed E-state index contributed by atoms with van der Waals surface area (Å²) in [7, 11) is 0. The van der Waals surface area contributed by atoms with Gasteiger partial charge in [-0.15, -0.1) is 24.0 Å². The molecule has 130 valence electrons. The van der Waals surface area contributed by atoms with Crippen molar-refractivity contribution in [2.24, 2.45) is 16.6 Å². The summed E-state index contributed by atoms with van der Waals surface area (Å²) in [5.41, 5.74) is 9.50. The van der Waals surface area contributed by atoms with Crippen molar-refractivity contribution in [2.75, 3.05) is 25.0 Å². The average Bonchev–Trinajstić information content (AvgIpc) is 2.43. The number of guanidine groups is 1. The van der Waals surface area contributed by atoms with Crippen LogP contribution in [0.5, 0.6) is 0 Å². The highest BCUT2D eigenvalue weighted by Gasteiger charge is 2.20. The van der Waals surface area contributed by atoms with Gasteiger partial charge in [0.25, 0.3) is 0 Å². The molecule has 1 aromatic carbocycles. The van der Waals surface area contributed by atoms with Crippen LogP contribution in [0.1, 0.15) is 37.8 Å². The van der Waals surface area contributed by atoms with Crippen molar-refractivity contribution in [3.8, 4) is 0 Å². The maximum atomic E-state index is 6.03. The lowest BCUT2D eigenvalue weighted by Crippen LogP contribution is -2.42. The minimum Gasteiger partial charge on any atom is -0.370 e. The SMILES string of the molecule is Cc1cc(C)cc(NC(N)=NCC(C)N2CCCC(C)C2)c1.I. The Morgan fingerprint density at radius 1 is 1.35 bits per heavy atom. The highest BCUT2D eigenvalue weighted by Crippen LogP contribution is 2.18. The first kappa shape index (κ1) is 20.2. The molecular formula is C18H31IN4. The quantitative estimate of drug-likeness (QED) is 0.435. The number of hydrogen-bond donors (Lipinski definition) is 2. The monoisotopic (exact) mass is 430 g/mol. The maximum absolute atomic E-state index is 6.03. The number of aliphatic imine (C=N–C) groups is 1. The molecule has 1 heterocycles. The number of benzene rings is 1. The van der Waals surface area contributed by atoms with Crippen LogP contribution in [0.25, 0.3) is 0 Å². The molecule has 0 bridgehead atoms. The van der Waals surface area contributed by atoms with Crippen molar-refractivity contribution in [2.45, 2.75) is 46.6 Å². The molecule has 1 fully saturated rings. The van der Waals surface area contributed by atoms with E-state index >= 15 is 0 Å². The number of nitrogens with two attached hydrogens (primary N) is 1. The fourth-order valence-electron chi connectivity index (χ4n) is 3.21. The van der Waals surface area contributed by atoms with Gasteiger partial charge < -0.3 is 11.1 Å². The first-order valence-corrected chi connectivity index (χ1v) is 8.33. The first-order valence-electron chi connectivity index (χ1n) is 8.33. The van der Waals surface area contributed by atoms with E-state index in [9.17, 15) is 0 Å². The molecule has 4 nitrogen and oxygen atoms in total. The smallest absolute Gasteiger partial charge is 0.193 e. The van der Waals surface area contributed by atoms with Gasteiger partial charge in [0.05, 0.1) is 6.54 Å². The topological polar surface area (TPSA) is 53.6 Å². The fourth-order valence-corrected chi connectivity index (χ4v) is 3.21. The first-order chi connectivity index (χ1) is 10.4. The standard InChI is InChI=1S/C18H30N4.HI/c1-13-6-5-7-22(12-13)16(4)11-20-18(19)21-17-9-14(2)8-15(3)10-17;/h8-10,13,16H,5-7,11-12H2,1-4H3,(H3,19,20,21);1H. The van der Waals surface area contributed by atoms with Crippen LogP contribution in [-0.4, -0.2) is 36.5 Å². The third-order valence-corrected chi connectivity index (χ3v) is 4.33. The van der Waals surface area contributed by atoms with Crippen molar-refractivity contribution in [3.05, 3.63) is 29.3 Å². The van der Waals surface area contributed by atoms with Crippen LogP contribution in [0.3, 0.4) is 0 Å². The largest absolute Gasteiger partial charge is 0.370 e. The number of likely N-dealkylation sites (tertiary alicyclic amines) is 1. The van der Waals surface area contributed by atoms with Gasteiger partial charge in [-0.1, -0.05) is 13.0 Å². The van der Waals surface area contributed by atoms with E-state index in [-0.39, 0.29) is 24.0 Å². The Labute approximate surface area is 157 Å². The van der Waals surface area contributed by atoms with E-state index in [0.29, 0.717) is 12.0 Å². The Morgan fingerprint density at radius 3 is 2.61 bits per heavy atom. The van der Waals surface area contributed by atoms with E-state index in [1.165, 1.54) is 37.1 Å². The van der Waals surface area contributed by atoms with Gasteiger partial charge in [-0.25, -0.2) is 0 Å². The molecule has 1 aromatic rings. The maximum Gasteiger partial charge on any atom is 0.193 e. The van der Waals surface area contributed by atoms with Gasteiger partial charge in [0.2, 0.25) is 0 Å². The highest BCUT2D eigenvalue weighted by molar-refractivity contribution is 14.0. The van der Waals surface area contributed by atoms with Gasteiger partial charge in [-0.05, 0) is 69.3 Å². The van der Waals surface area contributed by atoms with Gasteiger partial charge in [-0.2, -0.15) is 0 Å². The molecule has 0 aliphatic carbocycles. The molecule has 0 amide bonds. The summed E-state index contributed by atoms with van der Waals surface area (Å²) in [5.74, 6) is 1.30. The van der Waals surface area contributed by atoms with Gasteiger partial charge in [-0.3, -0.25) is 9.89 Å². The molecule has 5 heteroatoms. The second-order valence-electron chi connectivity index (χ2n) is 6.82. The highest BCUT2D eigenvalue weighted by atomic mass is 127. The summed E-state index contributed by atoms with van der Waals surface area (Å²) in [6, 6.07) is 6.77. The molecule has 1 saturated heterocycles. The third kappa shape index (κ3) is 6.67. The third-order valence-electron chi connectivity index (χ3n) is 4.33. The lowest BCUT2D eigenvalue weighted by Gasteiger charge is -2.34. The van der Waals surface area contributed by atoms with Crippen LogP contribution < -0.4 is 11.1 Å². The fraction of sp³-hybridized carbons (Fsp3) is 0.611. The number of piperidine rings is 1. The summed E-state index contributed by atoms with van der Waals surface area (Å²) in [6.07, 6.45) is 2.65. The second-order valence-corrected chi connectivity index (χ2v) is 6.82. The zero-order valence-corrected chi connectivity index (χ0v) is 17.1. The van der Waals surface area contributed by atoms with Gasteiger partial charge >= 0.3 is 0 Å². The van der Waals surface area contributed by atoms with E-state index < -0.39 is 0 Å². The molecular weight excluding hydrogens is 399 g/mol. The summed E-state index contributed by atoms with van der Waals surface area (Å²) < 4.78 is 0. The normalized spacial score (nSPS) is 20.7. The van der Waals surface area contributed by atoms with Crippen molar-refractivity contribution < 1.29 is 0 Å². The number of aryl methyl sites for hydroxylation is 2. The van der Waals surface area contributed by atoms with Crippen LogP contribution >= 0.6 is 24.0 Å². The van der Waals surface area contributed by atoms with Gasteiger partial charge in [0.1, 0.15) is 0 Å². The summed E-state index contributed by atoms with van der Waals surface area (Å²) >= 11 is 0. The van der Waals surface area contributed by atoms with Crippen molar-refractivity contribution in [1.29, 1.82) is 0 Å². The summed E-state index contributed by atoms with van der Waals surface area (Å²) in [6.45, 7) is 11.9. The molecule has 23 heavy (non-hydrogen) atoms. The minimum absolute atomic E-state index is 0. The minimum atomic E-state index is 0. The number of nitrogens with zero attached hydrogens (tertiary/aromatic N) is 2. The second kappa shape index (κ2) is 9.47. The molecule has 1 aliphatic heterocycles. The van der Waals surface area contributed by atoms with Crippen molar-refractivity contribution >= 4 is 35.6 Å². The van der Waals surface area contributed by atoms with Crippen molar-refractivity contribution in [3.63, 3.8) is 0 Å². The Balaban J connectivity index is 0.00000264. The molecule has 2 atom stereocenters. The molecule has 0 radical (unpaired) electrons. The Kier molecular flexibility index (Phi) is 8.33. The summed E-state index contributed by atoms with van der Waals surface area (Å²) in [5, 5.41) is 3.20. The number of anilines is 1. The lowest BCUT2D eigenvalue weighted by molar-refractivity contribution is 0.142. The Bertz CT molecular complexity index is 510. The van der Waals surface area contributed by atoms with Gasteiger partial charge in [0, 0.05) is 18.3 Å². The number of halogens is 1. The number of hydrogen-bond acceptors (Lipinski definition) is 2. The number of rotatable bonds is 4. The molecule has 0 spiro atoms. The Morgan fingerprint density at radius 2 is 2.00 bits per heavy atom. The van der Waals surface area contributed by atoms with Crippen LogP contribution in [-0.2, 0) is 0 Å². The molecule has 2 rings (SSSR count). The van der Waals surface area contributed by atoms with Crippen molar-refractivity contribution in [1.82, 2.24) is 4.90 Å². The van der Waals surface area contributed by atoms with E-state index in [4.69, 9.17) is 5.73 Å². The van der Waals surface area contributed by atoms with E-state index in [2.05, 4.69) is 61.1 Å². The van der Waals surface area contributed by atoms with Gasteiger partial charge in [0.15, 0.2) is 5.96 Å². The average molecular weight is 430 g/mol. The molecule has 2 unspecified atom stereocenters. The van der Waals surface area contributed by atoms with Crippen LogP contribution in [0.2, 0.25) is 0 Å². The predicted octanol–water partition coefficient (Wildman–Crippen LogP) is 3.77. The zero-order valence-electron chi connectivity index (χ0n) is 14.8. The Hall–Kier alpha value is -0.820. The zero-order chi connectivity index (χ0) is 16.1. The van der Waals surface area contributed by atoms with E-state index in [1.807, 2.05) is 0 Å². The number of nitrogens with one attached hydrogen (secondary N) is 1. The van der Waals surface area contributed by atoms with E-state index in [0.717, 1.165) is 18.2 Å². The molecule has 0 aromatic heterocycles. The van der Waals surface area contributed by atoms with E-state index in [1.54, 1.807) is 0 Å². The van der Waals surface area contributed by atoms with Crippen LogP contribution in [0.4, 0.5) is 5.69 Å². The molecule has 1 aliphatic rings. The molecule has 0 saturated carbocycles.